The van der Waals surface area contributed by atoms with Crippen LogP contribution in [0.3, 0.4) is 0 Å². The lowest BCUT2D eigenvalue weighted by Crippen LogP contribution is -2.47. The van der Waals surface area contributed by atoms with Gasteiger partial charge in [-0.15, -0.1) is 0 Å². The van der Waals surface area contributed by atoms with Crippen LogP contribution in [0.1, 0.15) is 33.6 Å². The molecule has 0 aromatic heterocycles. The van der Waals surface area contributed by atoms with Crippen molar-refractivity contribution >= 4 is 15.9 Å². The van der Waals surface area contributed by atoms with Gasteiger partial charge in [-0.25, -0.2) is 17.5 Å². The Hall–Kier alpha value is -1.51. The van der Waals surface area contributed by atoms with E-state index in [1.54, 1.807) is 0 Å². The molecule has 0 saturated carbocycles. The highest BCUT2D eigenvalue weighted by Gasteiger charge is 2.23. The van der Waals surface area contributed by atoms with Crippen molar-refractivity contribution in [1.29, 1.82) is 0 Å². The van der Waals surface area contributed by atoms with E-state index in [-0.39, 0.29) is 29.8 Å². The topological polar surface area (TPSA) is 78.5 Å². The van der Waals surface area contributed by atoms with Gasteiger partial charge >= 0.3 is 0 Å². The molecule has 1 heterocycles. The molecular formula is C19H30FN3O3S. The third kappa shape index (κ3) is 7.20. The minimum absolute atomic E-state index is 0.00343. The number of rotatable bonds is 8. The monoisotopic (exact) mass is 399 g/mol. The molecule has 3 atom stereocenters. The van der Waals surface area contributed by atoms with E-state index in [1.165, 1.54) is 18.6 Å². The first-order valence-electron chi connectivity index (χ1n) is 9.42. The van der Waals surface area contributed by atoms with Gasteiger partial charge in [-0.3, -0.25) is 4.79 Å². The van der Waals surface area contributed by atoms with Crippen molar-refractivity contribution in [2.75, 3.05) is 26.2 Å². The summed E-state index contributed by atoms with van der Waals surface area (Å²) in [6.45, 7) is 9.34. The van der Waals surface area contributed by atoms with Crippen LogP contribution in [0.2, 0.25) is 0 Å². The second-order valence-corrected chi connectivity index (χ2v) is 9.50. The Balaban J connectivity index is 1.73. The van der Waals surface area contributed by atoms with Gasteiger partial charge in [0.05, 0.1) is 4.90 Å². The predicted octanol–water partition coefficient (Wildman–Crippen LogP) is 1.98. The molecule has 27 heavy (non-hydrogen) atoms. The zero-order chi connectivity index (χ0) is 20.0. The molecule has 1 amide bonds. The lowest BCUT2D eigenvalue weighted by atomic mass is 9.92. The average molecular weight is 400 g/mol. The lowest BCUT2D eigenvalue weighted by Gasteiger charge is -2.36. The SMILES string of the molecule is CC1CC(C)CN(CC(C)NC(=O)CCNS(=O)(=O)c2ccc(F)cc2)C1. The Morgan fingerprint density at radius 1 is 1.22 bits per heavy atom. The van der Waals surface area contributed by atoms with E-state index in [0.29, 0.717) is 11.8 Å². The number of hydrogen-bond donors (Lipinski definition) is 2. The van der Waals surface area contributed by atoms with E-state index in [1.807, 2.05) is 6.92 Å². The lowest BCUT2D eigenvalue weighted by molar-refractivity contribution is -0.121. The van der Waals surface area contributed by atoms with E-state index in [0.717, 1.165) is 31.8 Å². The summed E-state index contributed by atoms with van der Waals surface area (Å²) >= 11 is 0. The molecule has 1 aromatic carbocycles. The van der Waals surface area contributed by atoms with Crippen LogP contribution in [0, 0.1) is 17.7 Å². The Morgan fingerprint density at radius 2 is 1.81 bits per heavy atom. The number of nitrogens with zero attached hydrogens (tertiary/aromatic N) is 1. The number of halogens is 1. The first kappa shape index (κ1) is 21.8. The van der Waals surface area contributed by atoms with Gasteiger partial charge in [0.15, 0.2) is 0 Å². The fourth-order valence-corrected chi connectivity index (χ4v) is 4.75. The van der Waals surface area contributed by atoms with Gasteiger partial charge in [0, 0.05) is 38.6 Å². The molecular weight excluding hydrogens is 369 g/mol. The first-order chi connectivity index (χ1) is 12.7. The smallest absolute Gasteiger partial charge is 0.240 e. The Morgan fingerprint density at radius 3 is 2.41 bits per heavy atom. The van der Waals surface area contributed by atoms with Gasteiger partial charge in [-0.2, -0.15) is 0 Å². The molecule has 1 aliphatic rings. The van der Waals surface area contributed by atoms with Gasteiger partial charge in [0.25, 0.3) is 0 Å². The van der Waals surface area contributed by atoms with E-state index in [2.05, 4.69) is 28.8 Å². The van der Waals surface area contributed by atoms with Crippen LogP contribution in [0.4, 0.5) is 4.39 Å². The molecule has 0 aliphatic carbocycles. The third-order valence-corrected chi connectivity index (χ3v) is 6.13. The van der Waals surface area contributed by atoms with Gasteiger partial charge < -0.3 is 10.2 Å². The van der Waals surface area contributed by atoms with Crippen molar-refractivity contribution in [2.45, 2.75) is 44.6 Å². The van der Waals surface area contributed by atoms with Crippen molar-refractivity contribution in [3.8, 4) is 0 Å². The molecule has 2 rings (SSSR count). The van der Waals surface area contributed by atoms with Crippen LogP contribution >= 0.6 is 0 Å². The molecule has 0 spiro atoms. The molecule has 8 heteroatoms. The third-order valence-electron chi connectivity index (χ3n) is 4.65. The highest BCUT2D eigenvalue weighted by atomic mass is 32.2. The zero-order valence-corrected chi connectivity index (χ0v) is 17.1. The maximum atomic E-state index is 12.9. The summed E-state index contributed by atoms with van der Waals surface area (Å²) in [7, 11) is -3.74. The Labute approximate surface area is 161 Å². The highest BCUT2D eigenvalue weighted by molar-refractivity contribution is 7.89. The van der Waals surface area contributed by atoms with Crippen molar-refractivity contribution in [2.24, 2.45) is 11.8 Å². The number of amides is 1. The van der Waals surface area contributed by atoms with E-state index in [9.17, 15) is 17.6 Å². The first-order valence-corrected chi connectivity index (χ1v) is 10.9. The molecule has 0 radical (unpaired) electrons. The quantitative estimate of drug-likeness (QED) is 0.701. The normalized spacial score (nSPS) is 22.4. The summed E-state index contributed by atoms with van der Waals surface area (Å²) in [5.74, 6) is 0.636. The Kier molecular flexibility index (Phi) is 7.76. The maximum absolute atomic E-state index is 12.9. The van der Waals surface area contributed by atoms with E-state index >= 15 is 0 Å². The van der Waals surface area contributed by atoms with Crippen LogP contribution in [0.15, 0.2) is 29.2 Å². The van der Waals surface area contributed by atoms with Gasteiger partial charge in [-0.1, -0.05) is 13.8 Å². The van der Waals surface area contributed by atoms with E-state index in [4.69, 9.17) is 0 Å². The summed E-state index contributed by atoms with van der Waals surface area (Å²) in [6, 6.07) is 4.57. The van der Waals surface area contributed by atoms with Crippen LogP contribution < -0.4 is 10.0 Å². The second kappa shape index (κ2) is 9.61. The summed E-state index contributed by atoms with van der Waals surface area (Å²) < 4.78 is 39.5. The molecule has 152 valence electrons. The standard InChI is InChI=1S/C19H30FN3O3S/c1-14-10-15(2)12-23(11-14)13-16(3)22-19(24)8-9-21-27(25,26)18-6-4-17(20)5-7-18/h4-7,14-16,21H,8-13H2,1-3H3,(H,22,24). The number of benzene rings is 1. The van der Waals surface area contributed by atoms with E-state index < -0.39 is 15.8 Å². The van der Waals surface area contributed by atoms with Crippen LogP contribution in [-0.2, 0) is 14.8 Å². The predicted molar refractivity (Wildman–Crippen MR) is 103 cm³/mol. The zero-order valence-electron chi connectivity index (χ0n) is 16.2. The molecule has 1 fully saturated rings. The number of carbonyl (C=O) groups is 1. The van der Waals surface area contributed by atoms with Gasteiger partial charge in [0.1, 0.15) is 5.82 Å². The highest BCUT2D eigenvalue weighted by Crippen LogP contribution is 2.20. The van der Waals surface area contributed by atoms with Crippen molar-refractivity contribution in [1.82, 2.24) is 14.9 Å². The molecule has 2 N–H and O–H groups in total. The van der Waals surface area contributed by atoms with Crippen LogP contribution in [0.5, 0.6) is 0 Å². The fourth-order valence-electron chi connectivity index (χ4n) is 3.72. The number of sulfonamides is 1. The summed E-state index contributed by atoms with van der Waals surface area (Å²) in [5, 5.41) is 2.93. The number of nitrogens with one attached hydrogen (secondary N) is 2. The second-order valence-electron chi connectivity index (χ2n) is 7.73. The Bertz CT molecular complexity index is 714. The van der Waals surface area contributed by atoms with Crippen molar-refractivity contribution in [3.05, 3.63) is 30.1 Å². The fraction of sp³-hybridized carbons (Fsp3) is 0.632. The maximum Gasteiger partial charge on any atom is 0.240 e. The van der Waals surface area contributed by atoms with Gasteiger partial charge in [-0.05, 0) is 49.4 Å². The van der Waals surface area contributed by atoms with Crippen molar-refractivity contribution in [3.63, 3.8) is 0 Å². The van der Waals surface area contributed by atoms with Crippen molar-refractivity contribution < 1.29 is 17.6 Å². The molecule has 1 aliphatic heterocycles. The molecule has 0 bridgehead atoms. The summed E-state index contributed by atoms with van der Waals surface area (Å²) in [4.78, 5) is 14.4. The minimum atomic E-state index is -3.74. The molecule has 6 nitrogen and oxygen atoms in total. The number of piperidine rings is 1. The molecule has 3 unspecified atom stereocenters. The van der Waals surface area contributed by atoms with Crippen LogP contribution in [0.25, 0.3) is 0 Å². The number of likely N-dealkylation sites (tertiary alicyclic amines) is 1. The molecule has 1 aromatic rings. The van der Waals surface area contributed by atoms with Gasteiger partial charge in [0.2, 0.25) is 15.9 Å². The summed E-state index contributed by atoms with van der Waals surface area (Å²) in [6.07, 6.45) is 1.29. The molecule has 1 saturated heterocycles. The summed E-state index contributed by atoms with van der Waals surface area (Å²) in [5.41, 5.74) is 0. The average Bonchev–Trinajstić information content (AvgIpc) is 2.53. The van der Waals surface area contributed by atoms with Crippen LogP contribution in [-0.4, -0.2) is 51.4 Å². The number of carbonyl (C=O) groups excluding carboxylic acids is 1. The largest absolute Gasteiger partial charge is 0.352 e. The number of hydrogen-bond acceptors (Lipinski definition) is 4. The minimum Gasteiger partial charge on any atom is -0.352 e.